The minimum atomic E-state index is -0.0920. The van der Waals surface area contributed by atoms with Gasteiger partial charge in [-0.25, -0.2) is 0 Å². The van der Waals surface area contributed by atoms with Gasteiger partial charge in [0, 0.05) is 18.6 Å². The molecular weight excluding hydrogens is 188 g/mol. The zero-order valence-corrected chi connectivity index (χ0v) is 9.78. The van der Waals surface area contributed by atoms with Gasteiger partial charge in [-0.3, -0.25) is 4.90 Å². The Morgan fingerprint density at radius 3 is 2.60 bits per heavy atom. The molecule has 2 rings (SSSR count). The molecule has 3 nitrogen and oxygen atoms in total. The highest BCUT2D eigenvalue weighted by Gasteiger charge is 2.30. The van der Waals surface area contributed by atoms with Crippen LogP contribution in [-0.2, 0) is 0 Å². The number of hydrogen-bond donors (Lipinski definition) is 2. The van der Waals surface area contributed by atoms with E-state index in [-0.39, 0.29) is 6.10 Å². The molecule has 0 aromatic heterocycles. The van der Waals surface area contributed by atoms with E-state index in [1.54, 1.807) is 0 Å². The van der Waals surface area contributed by atoms with Crippen LogP contribution >= 0.6 is 0 Å². The number of nitrogens with one attached hydrogen (secondary N) is 1. The molecule has 0 radical (unpaired) electrons. The van der Waals surface area contributed by atoms with Gasteiger partial charge in [0.05, 0.1) is 6.10 Å². The van der Waals surface area contributed by atoms with E-state index in [4.69, 9.17) is 0 Å². The Bertz CT molecular complexity index is 192. The van der Waals surface area contributed by atoms with Gasteiger partial charge in [-0.2, -0.15) is 0 Å². The maximum Gasteiger partial charge on any atom is 0.0695 e. The van der Waals surface area contributed by atoms with Crippen LogP contribution in [0.4, 0.5) is 0 Å². The van der Waals surface area contributed by atoms with E-state index < -0.39 is 0 Å². The van der Waals surface area contributed by atoms with Gasteiger partial charge in [-0.15, -0.1) is 0 Å². The van der Waals surface area contributed by atoms with Gasteiger partial charge >= 0.3 is 0 Å². The lowest BCUT2D eigenvalue weighted by Crippen LogP contribution is -2.52. The summed E-state index contributed by atoms with van der Waals surface area (Å²) < 4.78 is 0. The molecular formula is C12H24N2O. The Kier molecular flexibility index (Phi) is 4.00. The third kappa shape index (κ3) is 2.71. The minimum absolute atomic E-state index is 0.0920. The Morgan fingerprint density at radius 2 is 1.93 bits per heavy atom. The van der Waals surface area contributed by atoms with E-state index in [1.807, 2.05) is 0 Å². The molecule has 0 aromatic rings. The number of nitrogens with zero attached hydrogens (tertiary/aromatic N) is 1. The predicted molar refractivity (Wildman–Crippen MR) is 61.9 cm³/mol. The van der Waals surface area contributed by atoms with Gasteiger partial charge in [0.25, 0.3) is 0 Å². The van der Waals surface area contributed by atoms with Crippen molar-refractivity contribution in [2.24, 2.45) is 0 Å². The van der Waals surface area contributed by atoms with Crippen molar-refractivity contribution in [3.8, 4) is 0 Å². The number of aliphatic hydroxyl groups is 1. The number of rotatable bonds is 2. The molecule has 0 spiro atoms. The van der Waals surface area contributed by atoms with Crippen molar-refractivity contribution in [1.82, 2.24) is 10.2 Å². The highest BCUT2D eigenvalue weighted by atomic mass is 16.3. The summed E-state index contributed by atoms with van der Waals surface area (Å²) in [5, 5.41) is 13.5. The lowest BCUT2D eigenvalue weighted by atomic mass is 9.90. The number of aliphatic hydroxyl groups excluding tert-OH is 1. The van der Waals surface area contributed by atoms with Crippen molar-refractivity contribution in [2.75, 3.05) is 20.1 Å². The molecule has 3 heteroatoms. The van der Waals surface area contributed by atoms with E-state index >= 15 is 0 Å². The lowest BCUT2D eigenvalue weighted by Gasteiger charge is -2.41. The molecule has 2 N–H and O–H groups in total. The summed E-state index contributed by atoms with van der Waals surface area (Å²) in [6.45, 7) is 2.26. The summed E-state index contributed by atoms with van der Waals surface area (Å²) in [4.78, 5) is 2.43. The van der Waals surface area contributed by atoms with Crippen LogP contribution in [0.3, 0.4) is 0 Å². The van der Waals surface area contributed by atoms with Crippen LogP contribution in [0.2, 0.25) is 0 Å². The van der Waals surface area contributed by atoms with Crippen LogP contribution in [0.5, 0.6) is 0 Å². The first-order valence-corrected chi connectivity index (χ1v) is 6.40. The second kappa shape index (κ2) is 5.28. The fourth-order valence-electron chi connectivity index (χ4n) is 3.02. The van der Waals surface area contributed by atoms with Crippen molar-refractivity contribution in [3.05, 3.63) is 0 Å². The molecule has 1 heterocycles. The van der Waals surface area contributed by atoms with Gasteiger partial charge in [0.1, 0.15) is 0 Å². The molecule has 1 saturated carbocycles. The minimum Gasteiger partial charge on any atom is -0.391 e. The quantitative estimate of drug-likeness (QED) is 0.716. The van der Waals surface area contributed by atoms with E-state index in [2.05, 4.69) is 17.3 Å². The Hall–Kier alpha value is -0.120. The summed E-state index contributed by atoms with van der Waals surface area (Å²) in [5.74, 6) is 0. The van der Waals surface area contributed by atoms with Crippen LogP contribution in [0.15, 0.2) is 0 Å². The monoisotopic (exact) mass is 212 g/mol. The molecule has 0 aromatic carbocycles. The van der Waals surface area contributed by atoms with E-state index in [0.29, 0.717) is 12.1 Å². The van der Waals surface area contributed by atoms with Gasteiger partial charge < -0.3 is 10.4 Å². The number of hydrogen-bond acceptors (Lipinski definition) is 3. The van der Waals surface area contributed by atoms with Crippen LogP contribution < -0.4 is 5.32 Å². The summed E-state index contributed by atoms with van der Waals surface area (Å²) in [7, 11) is 2.19. The summed E-state index contributed by atoms with van der Waals surface area (Å²) in [6, 6.07) is 1.04. The molecule has 1 aliphatic heterocycles. The van der Waals surface area contributed by atoms with Crippen molar-refractivity contribution in [3.63, 3.8) is 0 Å². The van der Waals surface area contributed by atoms with Crippen molar-refractivity contribution < 1.29 is 5.11 Å². The standard InChI is InChI=1S/C12H24N2O/c1-14(10-5-4-8-13-9-10)11-6-2-3-7-12(11)15/h10-13,15H,2-9H2,1H3. The largest absolute Gasteiger partial charge is 0.391 e. The smallest absolute Gasteiger partial charge is 0.0695 e. The fraction of sp³-hybridized carbons (Fsp3) is 1.00. The summed E-state index contributed by atoms with van der Waals surface area (Å²) in [6.07, 6.45) is 7.12. The third-order valence-corrected chi connectivity index (χ3v) is 4.06. The second-order valence-corrected chi connectivity index (χ2v) is 5.08. The third-order valence-electron chi connectivity index (χ3n) is 4.06. The zero-order chi connectivity index (χ0) is 10.7. The maximum atomic E-state index is 10.0. The first kappa shape index (κ1) is 11.4. The van der Waals surface area contributed by atoms with E-state index in [1.165, 1.54) is 32.1 Å². The molecule has 2 aliphatic rings. The Labute approximate surface area is 92.8 Å². The molecule has 3 atom stereocenters. The molecule has 0 amide bonds. The van der Waals surface area contributed by atoms with Crippen molar-refractivity contribution in [2.45, 2.75) is 56.7 Å². The molecule has 3 unspecified atom stereocenters. The van der Waals surface area contributed by atoms with Crippen LogP contribution in [0.25, 0.3) is 0 Å². The Morgan fingerprint density at radius 1 is 1.13 bits per heavy atom. The average molecular weight is 212 g/mol. The topological polar surface area (TPSA) is 35.5 Å². The zero-order valence-electron chi connectivity index (χ0n) is 9.78. The van der Waals surface area contributed by atoms with E-state index in [0.717, 1.165) is 19.5 Å². The first-order chi connectivity index (χ1) is 7.29. The van der Waals surface area contributed by atoms with Gasteiger partial charge in [-0.05, 0) is 39.3 Å². The first-order valence-electron chi connectivity index (χ1n) is 6.40. The molecule has 2 fully saturated rings. The van der Waals surface area contributed by atoms with Crippen LogP contribution in [0, 0.1) is 0 Å². The van der Waals surface area contributed by atoms with Crippen molar-refractivity contribution >= 4 is 0 Å². The number of likely N-dealkylation sites (N-methyl/N-ethyl adjacent to an activating group) is 1. The van der Waals surface area contributed by atoms with E-state index in [9.17, 15) is 5.11 Å². The highest BCUT2D eigenvalue weighted by molar-refractivity contribution is 4.87. The molecule has 1 aliphatic carbocycles. The maximum absolute atomic E-state index is 10.0. The van der Waals surface area contributed by atoms with Gasteiger partial charge in [0.15, 0.2) is 0 Å². The molecule has 1 saturated heterocycles. The van der Waals surface area contributed by atoms with Crippen molar-refractivity contribution in [1.29, 1.82) is 0 Å². The summed E-state index contributed by atoms with van der Waals surface area (Å²) >= 11 is 0. The molecule has 15 heavy (non-hydrogen) atoms. The van der Waals surface area contributed by atoms with Crippen LogP contribution in [-0.4, -0.2) is 48.3 Å². The van der Waals surface area contributed by atoms with Gasteiger partial charge in [-0.1, -0.05) is 12.8 Å². The normalized spacial score (nSPS) is 38.2. The molecule has 88 valence electrons. The van der Waals surface area contributed by atoms with Gasteiger partial charge in [0.2, 0.25) is 0 Å². The SMILES string of the molecule is CN(C1CCCNC1)C1CCCCC1O. The van der Waals surface area contributed by atoms with Crippen LogP contribution in [0.1, 0.15) is 38.5 Å². The Balaban J connectivity index is 1.89. The average Bonchev–Trinajstić information content (AvgIpc) is 2.30. The highest BCUT2D eigenvalue weighted by Crippen LogP contribution is 2.25. The lowest BCUT2D eigenvalue weighted by molar-refractivity contribution is 0.00792. The fourth-order valence-corrected chi connectivity index (χ4v) is 3.02. The molecule has 0 bridgehead atoms. The number of piperidine rings is 1. The predicted octanol–water partition coefficient (Wildman–Crippen LogP) is 0.974. The summed E-state index contributed by atoms with van der Waals surface area (Å²) in [5.41, 5.74) is 0. The second-order valence-electron chi connectivity index (χ2n) is 5.08.